The normalized spacial score (nSPS) is 15.5. The molecule has 0 amide bonds. The van der Waals surface area contributed by atoms with Crippen LogP contribution in [0.5, 0.6) is 0 Å². The molecule has 2 aromatic rings. The molecule has 3 rings (SSSR count). The first-order valence-corrected chi connectivity index (χ1v) is 9.64. The van der Waals surface area contributed by atoms with Gasteiger partial charge in [-0.3, -0.25) is 4.68 Å². The lowest BCUT2D eigenvalue weighted by Crippen LogP contribution is -2.19. The number of anilines is 1. The Morgan fingerprint density at radius 3 is 2.73 bits per heavy atom. The highest BCUT2D eigenvalue weighted by Gasteiger charge is 2.17. The SMILES string of the molecule is CCn1ncc2c1PCC=C2Nc1ccc(S(N)(=O)=O)cc1. The number of benzene rings is 1. The minimum Gasteiger partial charge on any atom is -0.355 e. The van der Waals surface area contributed by atoms with Gasteiger partial charge >= 0.3 is 0 Å². The Kier molecular flexibility index (Phi) is 4.04. The van der Waals surface area contributed by atoms with Crippen molar-refractivity contribution in [3.8, 4) is 0 Å². The summed E-state index contributed by atoms with van der Waals surface area (Å²) in [7, 11) is -2.93. The molecule has 0 aliphatic carbocycles. The molecule has 6 nitrogen and oxygen atoms in total. The molecule has 1 aromatic heterocycles. The van der Waals surface area contributed by atoms with Gasteiger partial charge in [-0.25, -0.2) is 13.6 Å². The quantitative estimate of drug-likeness (QED) is 0.824. The molecule has 1 atom stereocenters. The zero-order valence-corrected chi connectivity index (χ0v) is 13.9. The third-order valence-electron chi connectivity index (χ3n) is 3.47. The molecule has 1 aliphatic heterocycles. The highest BCUT2D eigenvalue weighted by atomic mass is 32.2. The van der Waals surface area contributed by atoms with Crippen LogP contribution < -0.4 is 15.9 Å². The van der Waals surface area contributed by atoms with E-state index in [-0.39, 0.29) is 4.90 Å². The van der Waals surface area contributed by atoms with E-state index in [1.54, 1.807) is 12.1 Å². The van der Waals surface area contributed by atoms with Crippen LogP contribution in [0.2, 0.25) is 0 Å². The van der Waals surface area contributed by atoms with Crippen LogP contribution in [-0.4, -0.2) is 24.4 Å². The minimum atomic E-state index is -3.66. The molecule has 1 unspecified atom stereocenters. The van der Waals surface area contributed by atoms with Crippen molar-refractivity contribution in [2.75, 3.05) is 11.5 Å². The van der Waals surface area contributed by atoms with Crippen molar-refractivity contribution in [3.63, 3.8) is 0 Å². The lowest BCUT2D eigenvalue weighted by molar-refractivity contribution is 0.598. The Bertz CT molecular complexity index is 825. The van der Waals surface area contributed by atoms with Gasteiger partial charge in [0.15, 0.2) is 0 Å². The second kappa shape index (κ2) is 5.83. The highest BCUT2D eigenvalue weighted by molar-refractivity contribution is 7.89. The number of aryl methyl sites for hydroxylation is 1. The topological polar surface area (TPSA) is 90.0 Å². The minimum absolute atomic E-state index is 0.108. The summed E-state index contributed by atoms with van der Waals surface area (Å²) in [5.41, 5.74) is 4.20. The molecule has 22 heavy (non-hydrogen) atoms. The summed E-state index contributed by atoms with van der Waals surface area (Å²) in [6.45, 7) is 2.94. The van der Waals surface area contributed by atoms with Gasteiger partial charge in [-0.15, -0.1) is 0 Å². The van der Waals surface area contributed by atoms with Gasteiger partial charge in [0.25, 0.3) is 0 Å². The number of nitrogens with two attached hydrogens (primary N) is 1. The average Bonchev–Trinajstić information content (AvgIpc) is 2.91. The highest BCUT2D eigenvalue weighted by Crippen LogP contribution is 2.28. The fourth-order valence-corrected chi connectivity index (χ4v) is 4.17. The number of hydrogen-bond donors (Lipinski definition) is 2. The summed E-state index contributed by atoms with van der Waals surface area (Å²) >= 11 is 0. The lowest BCUT2D eigenvalue weighted by Gasteiger charge is -2.17. The van der Waals surface area contributed by atoms with Crippen molar-refractivity contribution in [2.45, 2.75) is 18.4 Å². The zero-order valence-electron chi connectivity index (χ0n) is 12.1. The van der Waals surface area contributed by atoms with Gasteiger partial charge in [0.1, 0.15) is 0 Å². The smallest absolute Gasteiger partial charge is 0.238 e. The third kappa shape index (κ3) is 2.92. The Labute approximate surface area is 131 Å². The van der Waals surface area contributed by atoms with Gasteiger partial charge in [0.05, 0.1) is 16.5 Å². The summed E-state index contributed by atoms with van der Waals surface area (Å²) < 4.78 is 24.6. The maximum atomic E-state index is 11.3. The van der Waals surface area contributed by atoms with Gasteiger partial charge in [-0.1, -0.05) is 14.7 Å². The van der Waals surface area contributed by atoms with E-state index in [2.05, 4.69) is 23.4 Å². The molecular weight excluding hydrogens is 319 g/mol. The molecule has 0 bridgehead atoms. The van der Waals surface area contributed by atoms with Crippen molar-refractivity contribution >= 4 is 35.4 Å². The molecule has 0 fully saturated rings. The first-order valence-electron chi connectivity index (χ1n) is 6.89. The largest absolute Gasteiger partial charge is 0.355 e. The molecule has 1 aliphatic rings. The fraction of sp³-hybridized carbons (Fsp3) is 0.214. The van der Waals surface area contributed by atoms with Crippen molar-refractivity contribution in [1.82, 2.24) is 9.78 Å². The number of aromatic nitrogens is 2. The average molecular weight is 336 g/mol. The fourth-order valence-electron chi connectivity index (χ4n) is 2.37. The van der Waals surface area contributed by atoms with Crippen molar-refractivity contribution in [3.05, 3.63) is 42.1 Å². The molecule has 0 saturated heterocycles. The standard InChI is InChI=1S/C14H17N4O2PS/c1-2-18-14-12(9-16-18)13(7-8-21-14)17-10-3-5-11(6-4-10)22(15,19)20/h3-7,9,17,21H,2,8H2,1H3,(H2,15,19,20). The second-order valence-electron chi connectivity index (χ2n) is 4.92. The maximum Gasteiger partial charge on any atom is 0.238 e. The van der Waals surface area contributed by atoms with Gasteiger partial charge in [0.2, 0.25) is 10.0 Å². The second-order valence-corrected chi connectivity index (χ2v) is 7.71. The summed E-state index contributed by atoms with van der Waals surface area (Å²) in [5.74, 6) is 0. The Morgan fingerprint density at radius 2 is 2.09 bits per heavy atom. The number of rotatable bonds is 4. The summed E-state index contributed by atoms with van der Waals surface area (Å²) in [4.78, 5) is 0.108. The molecule has 2 heterocycles. The van der Waals surface area contributed by atoms with E-state index in [1.807, 2.05) is 10.9 Å². The van der Waals surface area contributed by atoms with Gasteiger partial charge in [-0.05, 0) is 37.4 Å². The van der Waals surface area contributed by atoms with E-state index >= 15 is 0 Å². The first-order chi connectivity index (χ1) is 10.5. The van der Waals surface area contributed by atoms with E-state index in [1.165, 1.54) is 17.6 Å². The first kappa shape index (κ1) is 15.2. The van der Waals surface area contributed by atoms with Gasteiger partial charge in [0, 0.05) is 23.5 Å². The van der Waals surface area contributed by atoms with Crippen LogP contribution in [0.15, 0.2) is 41.4 Å². The lowest BCUT2D eigenvalue weighted by atomic mass is 10.2. The number of nitrogens with one attached hydrogen (secondary N) is 1. The molecule has 0 radical (unpaired) electrons. The van der Waals surface area contributed by atoms with Crippen LogP contribution in [0.1, 0.15) is 12.5 Å². The zero-order chi connectivity index (χ0) is 15.7. The molecule has 8 heteroatoms. The number of hydrogen-bond acceptors (Lipinski definition) is 4. The number of allylic oxidation sites excluding steroid dienone is 1. The Hall–Kier alpha value is -1.69. The summed E-state index contributed by atoms with van der Waals surface area (Å²) in [6.07, 6.45) is 5.01. The van der Waals surface area contributed by atoms with Crippen LogP contribution in [0.3, 0.4) is 0 Å². The van der Waals surface area contributed by atoms with E-state index in [0.717, 1.165) is 38.2 Å². The van der Waals surface area contributed by atoms with Crippen LogP contribution in [0, 0.1) is 0 Å². The van der Waals surface area contributed by atoms with Gasteiger partial charge in [-0.2, -0.15) is 5.10 Å². The number of primary sulfonamides is 1. The third-order valence-corrected chi connectivity index (χ3v) is 5.67. The van der Waals surface area contributed by atoms with E-state index in [0.29, 0.717) is 0 Å². The van der Waals surface area contributed by atoms with E-state index in [4.69, 9.17) is 5.14 Å². The van der Waals surface area contributed by atoms with Crippen LogP contribution in [0.4, 0.5) is 5.69 Å². The predicted octanol–water partition coefficient (Wildman–Crippen LogP) is 1.32. The van der Waals surface area contributed by atoms with Crippen LogP contribution >= 0.6 is 8.58 Å². The summed E-state index contributed by atoms with van der Waals surface area (Å²) in [6, 6.07) is 6.42. The van der Waals surface area contributed by atoms with Crippen LogP contribution in [0.25, 0.3) is 5.70 Å². The predicted molar refractivity (Wildman–Crippen MR) is 90.1 cm³/mol. The molecule has 0 saturated carbocycles. The van der Waals surface area contributed by atoms with E-state index < -0.39 is 10.0 Å². The number of nitrogens with zero attached hydrogens (tertiary/aromatic N) is 2. The molecule has 3 N–H and O–H groups in total. The Balaban J connectivity index is 1.85. The molecule has 116 valence electrons. The molecular formula is C14H17N4O2PS. The molecule has 1 aromatic carbocycles. The molecule has 0 spiro atoms. The summed E-state index contributed by atoms with van der Waals surface area (Å²) in [5, 5.41) is 12.8. The Morgan fingerprint density at radius 1 is 1.36 bits per heavy atom. The van der Waals surface area contributed by atoms with Gasteiger partial charge < -0.3 is 5.32 Å². The monoisotopic (exact) mass is 336 g/mol. The van der Waals surface area contributed by atoms with Crippen molar-refractivity contribution < 1.29 is 8.42 Å². The van der Waals surface area contributed by atoms with Crippen LogP contribution in [-0.2, 0) is 16.6 Å². The van der Waals surface area contributed by atoms with Crippen molar-refractivity contribution in [2.24, 2.45) is 5.14 Å². The van der Waals surface area contributed by atoms with E-state index in [9.17, 15) is 8.42 Å². The maximum absolute atomic E-state index is 11.3. The number of fused-ring (bicyclic) bond motifs is 1. The van der Waals surface area contributed by atoms with Crippen molar-refractivity contribution in [1.29, 1.82) is 0 Å². The number of sulfonamides is 1.